The molecule has 0 spiro atoms. The minimum absolute atomic E-state index is 0.291. The van der Waals surface area contributed by atoms with E-state index >= 15 is 0 Å². The Hall–Kier alpha value is -2.60. The quantitative estimate of drug-likeness (QED) is 0.740. The predicted octanol–water partition coefficient (Wildman–Crippen LogP) is 2.38. The highest BCUT2D eigenvalue weighted by Gasteiger charge is 2.28. The van der Waals surface area contributed by atoms with Crippen LogP contribution in [-0.4, -0.2) is 31.1 Å². The summed E-state index contributed by atoms with van der Waals surface area (Å²) in [7, 11) is 3.70. The first kappa shape index (κ1) is 15.0. The van der Waals surface area contributed by atoms with Crippen molar-refractivity contribution in [2.24, 2.45) is 7.05 Å². The van der Waals surface area contributed by atoms with Crippen LogP contribution in [-0.2, 0) is 26.7 Å². The van der Waals surface area contributed by atoms with Crippen LogP contribution in [0.5, 0.6) is 5.75 Å². The largest absolute Gasteiger partial charge is 0.497 e. The van der Waals surface area contributed by atoms with Crippen molar-refractivity contribution in [3.05, 3.63) is 66.3 Å². The highest BCUT2D eigenvalue weighted by atomic mass is 16.5. The smallest absolute Gasteiger partial charge is 0.122 e. The molecule has 1 aliphatic heterocycles. The van der Waals surface area contributed by atoms with Crippen LogP contribution < -0.4 is 4.74 Å². The molecule has 0 radical (unpaired) electrons. The van der Waals surface area contributed by atoms with Crippen LogP contribution in [0, 0.1) is 0 Å². The van der Waals surface area contributed by atoms with Crippen LogP contribution in [0.15, 0.2) is 49.2 Å². The van der Waals surface area contributed by atoms with Gasteiger partial charge in [-0.05, 0) is 17.7 Å². The molecular weight excluding hydrogens is 302 g/mol. The van der Waals surface area contributed by atoms with Crippen molar-refractivity contribution in [3.63, 3.8) is 0 Å². The van der Waals surface area contributed by atoms with E-state index in [9.17, 15) is 0 Å². The van der Waals surface area contributed by atoms with E-state index in [1.807, 2.05) is 36.3 Å². The Kier molecular flexibility index (Phi) is 3.82. The van der Waals surface area contributed by atoms with E-state index in [0.717, 1.165) is 36.9 Å². The van der Waals surface area contributed by atoms with Gasteiger partial charge < -0.3 is 13.9 Å². The van der Waals surface area contributed by atoms with Gasteiger partial charge in [-0.25, -0.2) is 9.97 Å². The minimum atomic E-state index is 0.291. The molecule has 3 aromatic rings. The van der Waals surface area contributed by atoms with Crippen molar-refractivity contribution in [1.29, 1.82) is 0 Å². The van der Waals surface area contributed by atoms with Crippen molar-refractivity contribution in [3.8, 4) is 5.75 Å². The number of hydrogen-bond acceptors (Lipinski definition) is 4. The first-order valence-electron chi connectivity index (χ1n) is 8.08. The molecule has 0 saturated carbocycles. The monoisotopic (exact) mass is 323 g/mol. The maximum Gasteiger partial charge on any atom is 0.122 e. The molecule has 0 amide bonds. The number of aryl methyl sites for hydroxylation is 1. The van der Waals surface area contributed by atoms with Gasteiger partial charge in [0, 0.05) is 38.7 Å². The fourth-order valence-electron chi connectivity index (χ4n) is 3.32. The number of hydrogen-bond donors (Lipinski definition) is 0. The summed E-state index contributed by atoms with van der Waals surface area (Å²) in [5, 5.41) is 0. The number of methoxy groups -OCH3 is 1. The fraction of sp³-hybridized carbons (Fsp3) is 0.333. The number of imidazole rings is 2. The average molecular weight is 323 g/mol. The standard InChI is InChI=1S/C18H21N5O/c1-21-9-15(20-13-21)10-23-12-18-19-7-8-22(18)11-17(23)14-3-5-16(24-2)6-4-14/h3-9,13,17H,10-12H2,1-2H3. The van der Waals surface area contributed by atoms with Gasteiger partial charge in [0.1, 0.15) is 11.6 Å². The summed E-state index contributed by atoms with van der Waals surface area (Å²) in [5.74, 6) is 1.99. The average Bonchev–Trinajstić information content (AvgIpc) is 3.22. The molecule has 0 saturated heterocycles. The Morgan fingerprint density at radius 1 is 1.21 bits per heavy atom. The molecule has 0 fully saturated rings. The lowest BCUT2D eigenvalue weighted by molar-refractivity contribution is 0.127. The van der Waals surface area contributed by atoms with Crippen LogP contribution in [0.25, 0.3) is 0 Å². The van der Waals surface area contributed by atoms with Crippen molar-refractivity contribution in [2.45, 2.75) is 25.7 Å². The second kappa shape index (κ2) is 6.13. The first-order valence-corrected chi connectivity index (χ1v) is 8.08. The topological polar surface area (TPSA) is 48.1 Å². The van der Waals surface area contributed by atoms with Gasteiger partial charge in [-0.1, -0.05) is 12.1 Å². The van der Waals surface area contributed by atoms with Gasteiger partial charge in [0.25, 0.3) is 0 Å². The molecule has 1 aromatic carbocycles. The van der Waals surface area contributed by atoms with Gasteiger partial charge in [-0.2, -0.15) is 0 Å². The molecule has 6 heteroatoms. The Labute approximate surface area is 141 Å². The van der Waals surface area contributed by atoms with Crippen molar-refractivity contribution in [1.82, 2.24) is 24.0 Å². The van der Waals surface area contributed by atoms with Crippen LogP contribution in [0.1, 0.15) is 23.1 Å². The van der Waals surface area contributed by atoms with Gasteiger partial charge in [0.2, 0.25) is 0 Å². The van der Waals surface area contributed by atoms with E-state index in [-0.39, 0.29) is 0 Å². The SMILES string of the molecule is COc1ccc(C2Cn3ccnc3CN2Cc2cn(C)cn2)cc1. The Bertz CT molecular complexity index is 820. The second-order valence-corrected chi connectivity index (χ2v) is 6.22. The summed E-state index contributed by atoms with van der Waals surface area (Å²) in [5.41, 5.74) is 2.36. The van der Waals surface area contributed by atoms with Crippen molar-refractivity contribution < 1.29 is 4.74 Å². The summed E-state index contributed by atoms with van der Waals surface area (Å²) < 4.78 is 9.51. The first-order chi connectivity index (χ1) is 11.7. The number of benzene rings is 1. The van der Waals surface area contributed by atoms with Gasteiger partial charge >= 0.3 is 0 Å². The summed E-state index contributed by atoms with van der Waals surface area (Å²) in [6.07, 6.45) is 7.86. The van der Waals surface area contributed by atoms with E-state index in [2.05, 4.69) is 44.0 Å². The summed E-state index contributed by atoms with van der Waals surface area (Å²) >= 11 is 0. The van der Waals surface area contributed by atoms with E-state index in [4.69, 9.17) is 4.74 Å². The van der Waals surface area contributed by atoms with Crippen LogP contribution in [0.2, 0.25) is 0 Å². The zero-order chi connectivity index (χ0) is 16.5. The van der Waals surface area contributed by atoms with Crippen LogP contribution >= 0.6 is 0 Å². The lowest BCUT2D eigenvalue weighted by Gasteiger charge is -2.36. The number of nitrogens with zero attached hydrogens (tertiary/aromatic N) is 5. The third-order valence-electron chi connectivity index (χ3n) is 4.58. The molecule has 1 aliphatic rings. The second-order valence-electron chi connectivity index (χ2n) is 6.22. The molecule has 0 bridgehead atoms. The Morgan fingerprint density at radius 2 is 2.04 bits per heavy atom. The van der Waals surface area contributed by atoms with Crippen molar-refractivity contribution >= 4 is 0 Å². The third kappa shape index (κ3) is 2.80. The number of rotatable bonds is 4. The molecule has 0 aliphatic carbocycles. The van der Waals surface area contributed by atoms with Gasteiger partial charge in [-0.3, -0.25) is 4.90 Å². The lowest BCUT2D eigenvalue weighted by Crippen LogP contribution is -2.36. The van der Waals surface area contributed by atoms with E-state index < -0.39 is 0 Å². The highest BCUT2D eigenvalue weighted by molar-refractivity contribution is 5.29. The van der Waals surface area contributed by atoms with Gasteiger partial charge in [0.05, 0.1) is 31.7 Å². The molecule has 2 aromatic heterocycles. The molecule has 0 N–H and O–H groups in total. The fourth-order valence-corrected chi connectivity index (χ4v) is 3.32. The van der Waals surface area contributed by atoms with Crippen LogP contribution in [0.4, 0.5) is 0 Å². The van der Waals surface area contributed by atoms with E-state index in [1.54, 1.807) is 7.11 Å². The highest BCUT2D eigenvalue weighted by Crippen LogP contribution is 2.31. The molecule has 6 nitrogen and oxygen atoms in total. The molecule has 1 unspecified atom stereocenters. The molecule has 3 heterocycles. The number of ether oxygens (including phenoxy) is 1. The zero-order valence-electron chi connectivity index (χ0n) is 14.0. The van der Waals surface area contributed by atoms with Crippen molar-refractivity contribution in [2.75, 3.05) is 7.11 Å². The summed E-state index contributed by atoms with van der Waals surface area (Å²) in [6, 6.07) is 8.64. The molecule has 24 heavy (non-hydrogen) atoms. The molecule has 4 rings (SSSR count). The maximum atomic E-state index is 5.28. The maximum absolute atomic E-state index is 5.28. The Balaban J connectivity index is 1.64. The number of aromatic nitrogens is 4. The number of fused-ring (bicyclic) bond motifs is 1. The van der Waals surface area contributed by atoms with Gasteiger partial charge in [-0.15, -0.1) is 0 Å². The summed E-state index contributed by atoms with van der Waals surface area (Å²) in [6.45, 7) is 2.53. The molecule has 1 atom stereocenters. The van der Waals surface area contributed by atoms with E-state index in [0.29, 0.717) is 6.04 Å². The third-order valence-corrected chi connectivity index (χ3v) is 4.58. The Morgan fingerprint density at radius 3 is 2.75 bits per heavy atom. The molecule has 124 valence electrons. The normalized spacial score (nSPS) is 17.7. The van der Waals surface area contributed by atoms with Crippen LogP contribution in [0.3, 0.4) is 0 Å². The zero-order valence-corrected chi connectivity index (χ0v) is 14.0. The summed E-state index contributed by atoms with van der Waals surface area (Å²) in [4.78, 5) is 11.4. The predicted molar refractivity (Wildman–Crippen MR) is 90.4 cm³/mol. The van der Waals surface area contributed by atoms with Gasteiger partial charge in [0.15, 0.2) is 0 Å². The molecular formula is C18H21N5O. The lowest BCUT2D eigenvalue weighted by atomic mass is 10.0. The van der Waals surface area contributed by atoms with E-state index in [1.165, 1.54) is 5.56 Å². The minimum Gasteiger partial charge on any atom is -0.497 e.